The lowest BCUT2D eigenvalue weighted by atomic mass is 9.89. The Bertz CT molecular complexity index is 491. The highest BCUT2D eigenvalue weighted by Gasteiger charge is 2.12. The zero-order valence-electron chi connectivity index (χ0n) is 10.5. The number of fused-ring (bicyclic) bond motifs is 1. The summed E-state index contributed by atoms with van der Waals surface area (Å²) in [6.45, 7) is 8.97. The van der Waals surface area contributed by atoms with Gasteiger partial charge in [-0.15, -0.1) is 11.3 Å². The maximum atomic E-state index is 4.54. The molecule has 0 amide bonds. The molecule has 0 aliphatic heterocycles. The molecule has 2 heteroatoms. The Kier molecular flexibility index (Phi) is 3.02. The van der Waals surface area contributed by atoms with Gasteiger partial charge in [-0.25, -0.2) is 4.98 Å². The molecule has 0 radical (unpaired) electrons. The number of nitrogens with zero attached hydrogens (tertiary/aromatic N) is 1. The van der Waals surface area contributed by atoms with E-state index in [-0.39, 0.29) is 0 Å². The van der Waals surface area contributed by atoms with Gasteiger partial charge in [-0.1, -0.05) is 32.9 Å². The predicted molar refractivity (Wildman–Crippen MR) is 72.1 cm³/mol. The minimum absolute atomic E-state index is 0.405. The molecule has 0 bridgehead atoms. The summed E-state index contributed by atoms with van der Waals surface area (Å²) < 4.78 is 1.38. The van der Waals surface area contributed by atoms with Gasteiger partial charge < -0.3 is 0 Å². The molecule has 1 aromatic carbocycles. The second kappa shape index (κ2) is 4.17. The molecular formula is C14H19NS. The number of benzene rings is 1. The molecule has 0 saturated heterocycles. The van der Waals surface area contributed by atoms with Gasteiger partial charge in [0.05, 0.1) is 15.2 Å². The molecule has 86 valence electrons. The second-order valence-corrected chi connectivity index (χ2v) is 6.76. The Balaban J connectivity index is 2.30. The summed E-state index contributed by atoms with van der Waals surface area (Å²) in [6, 6.07) is 6.48. The van der Waals surface area contributed by atoms with Gasteiger partial charge in [0.1, 0.15) is 0 Å². The highest BCUT2D eigenvalue weighted by Crippen LogP contribution is 2.29. The zero-order valence-corrected chi connectivity index (χ0v) is 11.3. The molecule has 0 fully saturated rings. The van der Waals surface area contributed by atoms with E-state index in [9.17, 15) is 0 Å². The van der Waals surface area contributed by atoms with Crippen molar-refractivity contribution in [2.75, 3.05) is 0 Å². The van der Waals surface area contributed by atoms with E-state index >= 15 is 0 Å². The van der Waals surface area contributed by atoms with Crippen molar-refractivity contribution >= 4 is 21.6 Å². The molecule has 0 saturated carbocycles. The maximum Gasteiger partial charge on any atom is 0.0907 e. The quantitative estimate of drug-likeness (QED) is 0.739. The molecule has 1 aromatic heterocycles. The Morgan fingerprint density at radius 1 is 1.25 bits per heavy atom. The van der Waals surface area contributed by atoms with E-state index in [1.807, 2.05) is 11.3 Å². The Labute approximate surface area is 102 Å². The van der Waals surface area contributed by atoms with Crippen molar-refractivity contribution in [2.45, 2.75) is 40.5 Å². The fourth-order valence-corrected chi connectivity index (χ4v) is 2.78. The largest absolute Gasteiger partial charge is 0.242 e. The molecule has 2 aromatic rings. The number of hydrogen-bond donors (Lipinski definition) is 0. The highest BCUT2D eigenvalue weighted by atomic mass is 32.1. The summed E-state index contributed by atoms with van der Waals surface area (Å²) in [5, 5.41) is 1.17. The first-order chi connectivity index (χ1) is 7.46. The predicted octanol–water partition coefficient (Wildman–Crippen LogP) is 4.58. The molecule has 0 atom stereocenters. The van der Waals surface area contributed by atoms with Crippen molar-refractivity contribution in [1.29, 1.82) is 0 Å². The Hall–Kier alpha value is -0.890. The first kappa shape index (κ1) is 11.6. The normalized spacial score (nSPS) is 12.2. The van der Waals surface area contributed by atoms with Crippen molar-refractivity contribution in [3.05, 3.63) is 28.8 Å². The molecule has 0 N–H and O–H groups in total. The van der Waals surface area contributed by atoms with E-state index in [4.69, 9.17) is 0 Å². The number of aryl methyl sites for hydroxylation is 2. The van der Waals surface area contributed by atoms with Crippen molar-refractivity contribution in [2.24, 2.45) is 5.41 Å². The number of hydrogen-bond acceptors (Lipinski definition) is 2. The maximum absolute atomic E-state index is 4.54. The Morgan fingerprint density at radius 2 is 2.00 bits per heavy atom. The van der Waals surface area contributed by atoms with E-state index in [2.05, 4.69) is 50.9 Å². The SMILES string of the molecule is Cc1nc2cccc(CCC(C)(C)C)c2s1. The third-order valence-corrected chi connectivity index (χ3v) is 3.81. The van der Waals surface area contributed by atoms with Crippen LogP contribution in [0, 0.1) is 12.3 Å². The molecule has 0 aliphatic carbocycles. The molecule has 2 rings (SSSR count). The second-order valence-electron chi connectivity index (χ2n) is 5.56. The van der Waals surface area contributed by atoms with E-state index in [0.29, 0.717) is 5.41 Å². The van der Waals surface area contributed by atoms with Gasteiger partial charge in [-0.3, -0.25) is 0 Å². The molecule has 0 spiro atoms. The minimum Gasteiger partial charge on any atom is -0.242 e. The lowest BCUT2D eigenvalue weighted by Gasteiger charge is -2.17. The van der Waals surface area contributed by atoms with Crippen molar-refractivity contribution in [3.8, 4) is 0 Å². The number of aromatic nitrogens is 1. The summed E-state index contributed by atoms with van der Waals surface area (Å²) in [6.07, 6.45) is 2.38. The summed E-state index contributed by atoms with van der Waals surface area (Å²) in [4.78, 5) is 4.54. The smallest absolute Gasteiger partial charge is 0.0907 e. The van der Waals surface area contributed by atoms with Crippen molar-refractivity contribution in [3.63, 3.8) is 0 Å². The van der Waals surface area contributed by atoms with Gasteiger partial charge in [-0.05, 0) is 36.8 Å². The van der Waals surface area contributed by atoms with Crippen LogP contribution >= 0.6 is 11.3 Å². The van der Waals surface area contributed by atoms with Gasteiger partial charge in [-0.2, -0.15) is 0 Å². The number of thiazole rings is 1. The van der Waals surface area contributed by atoms with Gasteiger partial charge in [0, 0.05) is 0 Å². The monoisotopic (exact) mass is 233 g/mol. The first-order valence-corrected chi connectivity index (χ1v) is 6.62. The molecule has 0 unspecified atom stereocenters. The topological polar surface area (TPSA) is 12.9 Å². The van der Waals surface area contributed by atoms with Crippen LogP contribution in [0.2, 0.25) is 0 Å². The van der Waals surface area contributed by atoms with Crippen LogP contribution in [0.5, 0.6) is 0 Å². The molecule has 1 nitrogen and oxygen atoms in total. The highest BCUT2D eigenvalue weighted by molar-refractivity contribution is 7.18. The zero-order chi connectivity index (χ0) is 11.8. The molecular weight excluding hydrogens is 214 g/mol. The first-order valence-electron chi connectivity index (χ1n) is 5.81. The van der Waals surface area contributed by atoms with Crippen molar-refractivity contribution in [1.82, 2.24) is 4.98 Å². The number of rotatable bonds is 2. The van der Waals surface area contributed by atoms with E-state index in [0.717, 1.165) is 11.9 Å². The van der Waals surface area contributed by atoms with E-state index in [1.54, 1.807) is 0 Å². The lowest BCUT2D eigenvalue weighted by molar-refractivity contribution is 0.379. The summed E-state index contributed by atoms with van der Waals surface area (Å²) >= 11 is 1.82. The van der Waals surface area contributed by atoms with Crippen LogP contribution in [-0.4, -0.2) is 4.98 Å². The van der Waals surface area contributed by atoms with E-state index in [1.165, 1.54) is 21.7 Å². The third-order valence-electron chi connectivity index (χ3n) is 2.75. The summed E-state index contributed by atoms with van der Waals surface area (Å²) in [5.74, 6) is 0. The van der Waals surface area contributed by atoms with Gasteiger partial charge in [0.25, 0.3) is 0 Å². The molecule has 1 heterocycles. The van der Waals surface area contributed by atoms with Crippen LogP contribution in [0.1, 0.15) is 37.8 Å². The van der Waals surface area contributed by atoms with Crippen LogP contribution < -0.4 is 0 Å². The van der Waals surface area contributed by atoms with Crippen LogP contribution in [0.15, 0.2) is 18.2 Å². The fourth-order valence-electron chi connectivity index (χ4n) is 1.82. The minimum atomic E-state index is 0.405. The van der Waals surface area contributed by atoms with Crippen LogP contribution in [0.25, 0.3) is 10.2 Å². The lowest BCUT2D eigenvalue weighted by Crippen LogP contribution is -2.06. The molecule has 16 heavy (non-hydrogen) atoms. The van der Waals surface area contributed by atoms with Gasteiger partial charge in [0.2, 0.25) is 0 Å². The summed E-state index contributed by atoms with van der Waals surface area (Å²) in [7, 11) is 0. The van der Waals surface area contributed by atoms with E-state index < -0.39 is 0 Å². The standard InChI is InChI=1S/C14H19NS/c1-10-15-12-7-5-6-11(13(12)16-10)8-9-14(2,3)4/h5-7H,8-9H2,1-4H3. The Morgan fingerprint density at radius 3 is 2.69 bits per heavy atom. The van der Waals surface area contributed by atoms with Gasteiger partial charge in [0.15, 0.2) is 0 Å². The van der Waals surface area contributed by atoms with Crippen molar-refractivity contribution < 1.29 is 0 Å². The van der Waals surface area contributed by atoms with Gasteiger partial charge >= 0.3 is 0 Å². The average Bonchev–Trinajstić information content (AvgIpc) is 2.54. The molecule has 0 aliphatic rings. The van der Waals surface area contributed by atoms with Crippen LogP contribution in [0.3, 0.4) is 0 Å². The summed E-state index contributed by atoms with van der Waals surface area (Å²) in [5.41, 5.74) is 3.02. The van der Waals surface area contributed by atoms with Crippen LogP contribution in [-0.2, 0) is 6.42 Å². The van der Waals surface area contributed by atoms with Crippen LogP contribution in [0.4, 0.5) is 0 Å². The average molecular weight is 233 g/mol. The fraction of sp³-hybridized carbons (Fsp3) is 0.500. The third kappa shape index (κ3) is 2.62.